The fraction of sp³-hybridized carbons (Fsp3) is 0. The van der Waals surface area contributed by atoms with Crippen LogP contribution in [0.4, 0.5) is 14.5 Å². The van der Waals surface area contributed by atoms with Crippen molar-refractivity contribution in [3.05, 3.63) is 40.9 Å². The Kier molecular flexibility index (Phi) is 3.35. The predicted octanol–water partition coefficient (Wildman–Crippen LogP) is 2.85. The van der Waals surface area contributed by atoms with Gasteiger partial charge in [0, 0.05) is 0 Å². The number of nitrogens with one attached hydrogen (secondary N) is 1. The Morgan fingerprint density at radius 1 is 1.50 bits per heavy atom. The molecule has 0 atom stereocenters. The van der Waals surface area contributed by atoms with Crippen LogP contribution in [0.25, 0.3) is 0 Å². The van der Waals surface area contributed by atoms with Crippen molar-refractivity contribution in [2.45, 2.75) is 0 Å². The second-order valence-corrected chi connectivity index (χ2v) is 3.21. The van der Waals surface area contributed by atoms with Crippen LogP contribution in [0.5, 0.6) is 0 Å². The van der Waals surface area contributed by atoms with Gasteiger partial charge in [0.25, 0.3) is 0 Å². The zero-order valence-corrected chi connectivity index (χ0v) is 8.57. The first-order chi connectivity index (χ1) is 6.56. The number of amides is 1. The molecule has 1 N–H and O–H groups in total. The number of benzene rings is 1. The molecule has 0 radical (unpaired) electrons. The Labute approximate surface area is 87.7 Å². The highest BCUT2D eigenvalue weighted by Crippen LogP contribution is 2.25. The van der Waals surface area contributed by atoms with Crippen LogP contribution >= 0.6 is 15.9 Å². The molecule has 1 amide bonds. The molecule has 14 heavy (non-hydrogen) atoms. The molecule has 74 valence electrons. The molecule has 0 unspecified atom stereocenters. The zero-order valence-electron chi connectivity index (χ0n) is 6.98. The fourth-order valence-corrected chi connectivity index (χ4v) is 1.15. The molecule has 0 bridgehead atoms. The minimum absolute atomic E-state index is 0.0943. The fourth-order valence-electron chi connectivity index (χ4n) is 0.806. The molecule has 5 heteroatoms. The number of halogens is 3. The maximum atomic E-state index is 13.2. The third-order valence-electron chi connectivity index (χ3n) is 1.48. The van der Waals surface area contributed by atoms with Crippen molar-refractivity contribution in [1.82, 2.24) is 0 Å². The van der Waals surface area contributed by atoms with Gasteiger partial charge >= 0.3 is 0 Å². The first-order valence-electron chi connectivity index (χ1n) is 3.63. The Morgan fingerprint density at radius 3 is 2.71 bits per heavy atom. The van der Waals surface area contributed by atoms with Crippen molar-refractivity contribution < 1.29 is 13.6 Å². The maximum Gasteiger partial charge on any atom is 0.247 e. The largest absolute Gasteiger partial charge is 0.320 e. The molecule has 0 spiro atoms. The molecule has 2 nitrogen and oxygen atoms in total. The van der Waals surface area contributed by atoms with Crippen molar-refractivity contribution in [2.75, 3.05) is 5.32 Å². The van der Waals surface area contributed by atoms with Gasteiger partial charge in [0.2, 0.25) is 5.91 Å². The van der Waals surface area contributed by atoms with E-state index in [-0.39, 0.29) is 10.2 Å². The molecule has 0 aliphatic carbocycles. The van der Waals surface area contributed by atoms with Crippen LogP contribution < -0.4 is 5.32 Å². The Balaban J connectivity index is 3.05. The van der Waals surface area contributed by atoms with Crippen molar-refractivity contribution in [2.24, 2.45) is 0 Å². The van der Waals surface area contributed by atoms with E-state index in [0.29, 0.717) is 0 Å². The number of rotatable bonds is 2. The molecule has 0 aliphatic heterocycles. The predicted molar refractivity (Wildman–Crippen MR) is 52.9 cm³/mol. The van der Waals surface area contributed by atoms with Gasteiger partial charge in [0.15, 0.2) is 5.82 Å². The lowest BCUT2D eigenvalue weighted by molar-refractivity contribution is -0.111. The number of hydrogen-bond donors (Lipinski definition) is 1. The van der Waals surface area contributed by atoms with Gasteiger partial charge in [-0.05, 0) is 34.1 Å². The van der Waals surface area contributed by atoms with E-state index < -0.39 is 17.5 Å². The topological polar surface area (TPSA) is 29.1 Å². The van der Waals surface area contributed by atoms with E-state index in [1.807, 2.05) is 0 Å². The summed E-state index contributed by atoms with van der Waals surface area (Å²) < 4.78 is 25.7. The molecule has 1 rings (SSSR count). The van der Waals surface area contributed by atoms with Gasteiger partial charge in [-0.25, -0.2) is 8.78 Å². The number of anilines is 1. The summed E-state index contributed by atoms with van der Waals surface area (Å²) in [7, 11) is 0. The highest BCUT2D eigenvalue weighted by Gasteiger charge is 2.11. The molecular weight excluding hydrogens is 256 g/mol. The van der Waals surface area contributed by atoms with Gasteiger partial charge in [0.1, 0.15) is 5.82 Å². The summed E-state index contributed by atoms with van der Waals surface area (Å²) >= 11 is 2.71. The first-order valence-corrected chi connectivity index (χ1v) is 4.42. The molecule has 1 aromatic rings. The summed E-state index contributed by atoms with van der Waals surface area (Å²) in [5.74, 6) is -2.12. The van der Waals surface area contributed by atoms with E-state index in [1.54, 1.807) is 0 Å². The standard InChI is InChI=1S/C9H6BrF2NO/c1-2-7(14)13-6-4-3-5(11)8(10)9(6)12/h2-4H,1H2,(H,13,14). The van der Waals surface area contributed by atoms with Gasteiger partial charge in [-0.3, -0.25) is 4.79 Å². The van der Waals surface area contributed by atoms with Gasteiger partial charge < -0.3 is 5.32 Å². The summed E-state index contributed by atoms with van der Waals surface area (Å²) in [5, 5.41) is 2.20. The Morgan fingerprint density at radius 2 is 2.14 bits per heavy atom. The molecule has 0 saturated carbocycles. The van der Waals surface area contributed by atoms with Gasteiger partial charge in [-0.15, -0.1) is 0 Å². The van der Waals surface area contributed by atoms with E-state index in [2.05, 4.69) is 27.8 Å². The second-order valence-electron chi connectivity index (χ2n) is 2.42. The van der Waals surface area contributed by atoms with E-state index in [0.717, 1.165) is 18.2 Å². The minimum Gasteiger partial charge on any atom is -0.320 e. The lowest BCUT2D eigenvalue weighted by atomic mass is 10.3. The molecule has 0 heterocycles. The van der Waals surface area contributed by atoms with Crippen molar-refractivity contribution in [3.63, 3.8) is 0 Å². The van der Waals surface area contributed by atoms with E-state index in [9.17, 15) is 13.6 Å². The SMILES string of the molecule is C=CC(=O)Nc1ccc(F)c(Br)c1F. The Bertz CT molecular complexity index is 393. The zero-order chi connectivity index (χ0) is 10.7. The second kappa shape index (κ2) is 4.32. The van der Waals surface area contributed by atoms with E-state index in [4.69, 9.17) is 0 Å². The molecule has 0 aromatic heterocycles. The summed E-state index contributed by atoms with van der Waals surface area (Å²) in [6.45, 7) is 3.21. The summed E-state index contributed by atoms with van der Waals surface area (Å²) in [4.78, 5) is 10.8. The van der Waals surface area contributed by atoms with Crippen LogP contribution in [0.15, 0.2) is 29.3 Å². The highest BCUT2D eigenvalue weighted by atomic mass is 79.9. The molecular formula is C9H6BrF2NO. The summed E-state index contributed by atoms with van der Waals surface area (Å²) in [6, 6.07) is 2.18. The molecule has 0 saturated heterocycles. The number of carbonyl (C=O) groups is 1. The lowest BCUT2D eigenvalue weighted by Crippen LogP contribution is -2.09. The molecule has 0 fully saturated rings. The van der Waals surface area contributed by atoms with Gasteiger partial charge in [-0.2, -0.15) is 0 Å². The van der Waals surface area contributed by atoms with E-state index >= 15 is 0 Å². The normalized spacial score (nSPS) is 9.64. The highest BCUT2D eigenvalue weighted by molar-refractivity contribution is 9.10. The third-order valence-corrected chi connectivity index (χ3v) is 2.21. The lowest BCUT2D eigenvalue weighted by Gasteiger charge is -2.05. The van der Waals surface area contributed by atoms with Crippen LogP contribution in [0.3, 0.4) is 0 Å². The maximum absolute atomic E-state index is 13.2. The Hall–Kier alpha value is -1.23. The molecule has 1 aromatic carbocycles. The smallest absolute Gasteiger partial charge is 0.247 e. The van der Waals surface area contributed by atoms with Crippen LogP contribution in [-0.2, 0) is 4.79 Å². The van der Waals surface area contributed by atoms with E-state index in [1.165, 1.54) is 0 Å². The monoisotopic (exact) mass is 261 g/mol. The third kappa shape index (κ3) is 2.17. The van der Waals surface area contributed by atoms with Crippen molar-refractivity contribution >= 4 is 27.5 Å². The minimum atomic E-state index is -0.847. The first kappa shape index (κ1) is 10.8. The quantitative estimate of drug-likeness (QED) is 0.644. The summed E-state index contributed by atoms with van der Waals surface area (Å²) in [6.07, 6.45) is 0.997. The average molecular weight is 262 g/mol. The van der Waals surface area contributed by atoms with Crippen molar-refractivity contribution in [3.8, 4) is 0 Å². The van der Waals surface area contributed by atoms with Crippen LogP contribution in [0, 0.1) is 11.6 Å². The van der Waals surface area contributed by atoms with Crippen LogP contribution in [-0.4, -0.2) is 5.91 Å². The van der Waals surface area contributed by atoms with Gasteiger partial charge in [0.05, 0.1) is 10.2 Å². The average Bonchev–Trinajstić information content (AvgIpc) is 2.19. The van der Waals surface area contributed by atoms with Crippen LogP contribution in [0.2, 0.25) is 0 Å². The van der Waals surface area contributed by atoms with Crippen LogP contribution in [0.1, 0.15) is 0 Å². The van der Waals surface area contributed by atoms with Crippen molar-refractivity contribution in [1.29, 1.82) is 0 Å². The van der Waals surface area contributed by atoms with Gasteiger partial charge in [-0.1, -0.05) is 6.58 Å². The number of hydrogen-bond acceptors (Lipinski definition) is 1. The number of carbonyl (C=O) groups excluding carboxylic acids is 1. The molecule has 0 aliphatic rings. The summed E-state index contributed by atoms with van der Waals surface area (Å²) in [5.41, 5.74) is -0.0943.